The van der Waals surface area contributed by atoms with Crippen molar-refractivity contribution in [2.75, 3.05) is 13.7 Å². The summed E-state index contributed by atoms with van der Waals surface area (Å²) in [6.45, 7) is 4.01. The summed E-state index contributed by atoms with van der Waals surface area (Å²) < 4.78 is 10.4. The van der Waals surface area contributed by atoms with Crippen LogP contribution in [0.3, 0.4) is 0 Å². The molecule has 4 nitrogen and oxygen atoms in total. The Balaban J connectivity index is 3.05. The Morgan fingerprint density at radius 3 is 2.76 bits per heavy atom. The molecule has 0 spiro atoms. The van der Waals surface area contributed by atoms with Gasteiger partial charge in [-0.15, -0.1) is 0 Å². The van der Waals surface area contributed by atoms with Gasteiger partial charge in [-0.2, -0.15) is 5.26 Å². The summed E-state index contributed by atoms with van der Waals surface area (Å²) in [7, 11) is 1.47. The zero-order valence-corrected chi connectivity index (χ0v) is 10.2. The van der Waals surface area contributed by atoms with Crippen LogP contribution in [-0.2, 0) is 4.74 Å². The number of methoxy groups -OCH3 is 1. The standard InChI is InChI=1S/C13H15NO3/c1-4-17-9(2)13(15)11-6-5-10(8-14)7-12(11)16-3/h5-7,9H,4H2,1-3H3. The summed E-state index contributed by atoms with van der Waals surface area (Å²) in [5.41, 5.74) is 0.898. The summed E-state index contributed by atoms with van der Waals surface area (Å²) in [6, 6.07) is 6.73. The molecule has 0 N–H and O–H groups in total. The van der Waals surface area contributed by atoms with E-state index in [0.29, 0.717) is 23.5 Å². The summed E-state index contributed by atoms with van der Waals surface area (Å²) in [6.07, 6.45) is -0.512. The Labute approximate surface area is 101 Å². The quantitative estimate of drug-likeness (QED) is 0.731. The lowest BCUT2D eigenvalue weighted by atomic mass is 10.0. The van der Waals surface area contributed by atoms with Gasteiger partial charge in [0.05, 0.1) is 24.3 Å². The number of hydrogen-bond acceptors (Lipinski definition) is 4. The van der Waals surface area contributed by atoms with Crippen LogP contribution in [0.5, 0.6) is 5.75 Å². The second-order valence-corrected chi connectivity index (χ2v) is 3.49. The number of Topliss-reactive ketones (excluding diaryl/α,β-unsaturated/α-hetero) is 1. The predicted octanol–water partition coefficient (Wildman–Crippen LogP) is 2.17. The first-order valence-corrected chi connectivity index (χ1v) is 5.38. The average Bonchev–Trinajstić information content (AvgIpc) is 2.37. The van der Waals surface area contributed by atoms with Crippen LogP contribution in [0.4, 0.5) is 0 Å². The van der Waals surface area contributed by atoms with E-state index in [-0.39, 0.29) is 5.78 Å². The van der Waals surface area contributed by atoms with Gasteiger partial charge in [-0.25, -0.2) is 0 Å². The smallest absolute Gasteiger partial charge is 0.194 e. The van der Waals surface area contributed by atoms with Crippen molar-refractivity contribution < 1.29 is 14.3 Å². The van der Waals surface area contributed by atoms with Gasteiger partial charge in [0, 0.05) is 6.61 Å². The highest BCUT2D eigenvalue weighted by atomic mass is 16.5. The third kappa shape index (κ3) is 3.05. The minimum Gasteiger partial charge on any atom is -0.496 e. The van der Waals surface area contributed by atoms with Gasteiger partial charge in [-0.05, 0) is 32.0 Å². The molecule has 0 aromatic heterocycles. The molecule has 0 aliphatic heterocycles. The molecule has 0 amide bonds. The predicted molar refractivity (Wildman–Crippen MR) is 63.1 cm³/mol. The number of rotatable bonds is 5. The molecule has 0 fully saturated rings. The first kappa shape index (κ1) is 13.2. The lowest BCUT2D eigenvalue weighted by Crippen LogP contribution is -2.21. The first-order valence-electron chi connectivity index (χ1n) is 5.38. The third-order valence-corrected chi connectivity index (χ3v) is 2.38. The number of hydrogen-bond donors (Lipinski definition) is 0. The Hall–Kier alpha value is -1.86. The molecule has 1 atom stereocenters. The van der Waals surface area contributed by atoms with Crippen LogP contribution in [-0.4, -0.2) is 25.6 Å². The van der Waals surface area contributed by atoms with E-state index < -0.39 is 6.10 Å². The van der Waals surface area contributed by atoms with E-state index in [1.54, 1.807) is 25.1 Å². The van der Waals surface area contributed by atoms with Crippen LogP contribution < -0.4 is 4.74 Å². The molecule has 17 heavy (non-hydrogen) atoms. The summed E-state index contributed by atoms with van der Waals surface area (Å²) >= 11 is 0. The third-order valence-electron chi connectivity index (χ3n) is 2.38. The number of benzene rings is 1. The van der Waals surface area contributed by atoms with Crippen molar-refractivity contribution in [3.63, 3.8) is 0 Å². The summed E-state index contributed by atoms with van der Waals surface area (Å²) in [5.74, 6) is 0.258. The van der Waals surface area contributed by atoms with E-state index in [0.717, 1.165) is 0 Å². The van der Waals surface area contributed by atoms with E-state index in [1.165, 1.54) is 7.11 Å². The number of ether oxygens (including phenoxy) is 2. The lowest BCUT2D eigenvalue weighted by Gasteiger charge is -2.13. The zero-order valence-electron chi connectivity index (χ0n) is 10.2. The molecule has 1 rings (SSSR count). The molecule has 1 unspecified atom stereocenters. The van der Waals surface area contributed by atoms with Crippen molar-refractivity contribution >= 4 is 5.78 Å². The van der Waals surface area contributed by atoms with Crippen LogP contribution >= 0.6 is 0 Å². The molecule has 1 aromatic carbocycles. The van der Waals surface area contributed by atoms with Crippen molar-refractivity contribution in [3.05, 3.63) is 29.3 Å². The summed E-state index contributed by atoms with van der Waals surface area (Å²) in [5, 5.41) is 8.77. The number of ketones is 1. The van der Waals surface area contributed by atoms with E-state index in [9.17, 15) is 4.79 Å². The van der Waals surface area contributed by atoms with E-state index in [4.69, 9.17) is 14.7 Å². The van der Waals surface area contributed by atoms with E-state index >= 15 is 0 Å². The highest BCUT2D eigenvalue weighted by Crippen LogP contribution is 2.22. The van der Waals surface area contributed by atoms with Crippen LogP contribution in [0, 0.1) is 11.3 Å². The molecule has 4 heteroatoms. The summed E-state index contributed by atoms with van der Waals surface area (Å²) in [4.78, 5) is 12.0. The molecule has 0 bridgehead atoms. The highest BCUT2D eigenvalue weighted by molar-refractivity contribution is 6.01. The molecule has 0 radical (unpaired) electrons. The van der Waals surface area contributed by atoms with E-state index in [2.05, 4.69) is 0 Å². The monoisotopic (exact) mass is 233 g/mol. The van der Waals surface area contributed by atoms with Crippen molar-refractivity contribution in [2.45, 2.75) is 20.0 Å². The Morgan fingerprint density at radius 2 is 2.24 bits per heavy atom. The fraction of sp³-hybridized carbons (Fsp3) is 0.385. The number of carbonyl (C=O) groups excluding carboxylic acids is 1. The SMILES string of the molecule is CCOC(C)C(=O)c1ccc(C#N)cc1OC. The number of nitrogens with zero attached hydrogens (tertiary/aromatic N) is 1. The van der Waals surface area contributed by atoms with Crippen molar-refractivity contribution in [3.8, 4) is 11.8 Å². The maximum absolute atomic E-state index is 12.0. The van der Waals surface area contributed by atoms with Gasteiger partial charge in [-0.3, -0.25) is 4.79 Å². The van der Waals surface area contributed by atoms with Crippen LogP contribution in [0.1, 0.15) is 29.8 Å². The fourth-order valence-electron chi connectivity index (χ4n) is 1.51. The maximum atomic E-state index is 12.0. The second-order valence-electron chi connectivity index (χ2n) is 3.49. The molecule has 0 aliphatic carbocycles. The van der Waals surface area contributed by atoms with Gasteiger partial charge in [0.1, 0.15) is 11.9 Å². The molecule has 90 valence electrons. The van der Waals surface area contributed by atoms with Gasteiger partial charge < -0.3 is 9.47 Å². The molecule has 0 aliphatic rings. The molecule has 0 saturated heterocycles. The number of carbonyl (C=O) groups is 1. The zero-order chi connectivity index (χ0) is 12.8. The van der Waals surface area contributed by atoms with E-state index in [1.807, 2.05) is 13.0 Å². The Morgan fingerprint density at radius 1 is 1.53 bits per heavy atom. The van der Waals surface area contributed by atoms with Gasteiger partial charge in [0.25, 0.3) is 0 Å². The van der Waals surface area contributed by atoms with Crippen LogP contribution in [0.25, 0.3) is 0 Å². The highest BCUT2D eigenvalue weighted by Gasteiger charge is 2.19. The molecular formula is C13H15NO3. The van der Waals surface area contributed by atoms with Crippen molar-refractivity contribution in [2.24, 2.45) is 0 Å². The van der Waals surface area contributed by atoms with Crippen molar-refractivity contribution in [1.29, 1.82) is 5.26 Å². The second kappa shape index (κ2) is 6.02. The normalized spacial score (nSPS) is 11.6. The minimum atomic E-state index is -0.512. The van der Waals surface area contributed by atoms with Gasteiger partial charge in [0.2, 0.25) is 0 Å². The largest absolute Gasteiger partial charge is 0.496 e. The number of nitriles is 1. The molecule has 1 aromatic rings. The molecule has 0 heterocycles. The average molecular weight is 233 g/mol. The van der Waals surface area contributed by atoms with Crippen LogP contribution in [0.2, 0.25) is 0 Å². The Kier molecular flexibility index (Phi) is 4.68. The maximum Gasteiger partial charge on any atom is 0.194 e. The Bertz CT molecular complexity index is 448. The van der Waals surface area contributed by atoms with Gasteiger partial charge in [-0.1, -0.05) is 0 Å². The van der Waals surface area contributed by atoms with Gasteiger partial charge >= 0.3 is 0 Å². The van der Waals surface area contributed by atoms with Crippen LogP contribution in [0.15, 0.2) is 18.2 Å². The first-order chi connectivity index (χ1) is 8.13. The topological polar surface area (TPSA) is 59.3 Å². The molecule has 0 saturated carbocycles. The minimum absolute atomic E-state index is 0.145. The van der Waals surface area contributed by atoms with Gasteiger partial charge in [0.15, 0.2) is 5.78 Å². The van der Waals surface area contributed by atoms with Crippen molar-refractivity contribution in [1.82, 2.24) is 0 Å². The lowest BCUT2D eigenvalue weighted by molar-refractivity contribution is 0.0518. The molecular weight excluding hydrogens is 218 g/mol. The fourth-order valence-corrected chi connectivity index (χ4v) is 1.51.